The van der Waals surface area contributed by atoms with E-state index in [-0.39, 0.29) is 0 Å². The van der Waals surface area contributed by atoms with E-state index in [1.807, 2.05) is 6.07 Å². The van der Waals surface area contributed by atoms with Crippen LogP contribution in [0.1, 0.15) is 5.56 Å². The molecular weight excluding hydrogens is 218 g/mol. The number of benzene rings is 1. The average molecular weight is 228 g/mol. The highest BCUT2D eigenvalue weighted by Gasteiger charge is 2.12. The van der Waals surface area contributed by atoms with Gasteiger partial charge in [-0.25, -0.2) is 0 Å². The normalized spacial score (nSPS) is 13.8. The monoisotopic (exact) mass is 227 g/mol. The summed E-state index contributed by atoms with van der Waals surface area (Å²) in [6.07, 6.45) is 1.11. The summed E-state index contributed by atoms with van der Waals surface area (Å²) in [7, 11) is 1.68. The molecule has 2 rings (SSSR count). The van der Waals surface area contributed by atoms with Gasteiger partial charge in [0.2, 0.25) is 0 Å². The second kappa shape index (κ2) is 2.98. The maximum atomic E-state index is 5.18. The highest BCUT2D eigenvalue weighted by molar-refractivity contribution is 9.10. The maximum absolute atomic E-state index is 5.18. The molecule has 0 amide bonds. The molecule has 2 nitrogen and oxygen atoms in total. The van der Waals surface area contributed by atoms with Gasteiger partial charge in [0.1, 0.15) is 5.75 Å². The van der Waals surface area contributed by atoms with Gasteiger partial charge in [0.25, 0.3) is 0 Å². The fourth-order valence-electron chi connectivity index (χ4n) is 1.45. The van der Waals surface area contributed by atoms with Gasteiger partial charge in [-0.1, -0.05) is 0 Å². The van der Waals surface area contributed by atoms with Gasteiger partial charge >= 0.3 is 0 Å². The van der Waals surface area contributed by atoms with E-state index in [0.29, 0.717) is 0 Å². The summed E-state index contributed by atoms with van der Waals surface area (Å²) in [5, 5.41) is 3.30. The number of halogens is 1. The molecule has 0 fully saturated rings. The van der Waals surface area contributed by atoms with E-state index in [0.717, 1.165) is 23.2 Å². The van der Waals surface area contributed by atoms with Crippen molar-refractivity contribution in [2.24, 2.45) is 0 Å². The lowest BCUT2D eigenvalue weighted by atomic mass is 10.1. The molecule has 1 heterocycles. The molecule has 12 heavy (non-hydrogen) atoms. The molecule has 1 aromatic rings. The van der Waals surface area contributed by atoms with Gasteiger partial charge in [-0.05, 0) is 34.0 Å². The fraction of sp³-hybridized carbons (Fsp3) is 0.333. The van der Waals surface area contributed by atoms with Crippen LogP contribution in [0.15, 0.2) is 16.6 Å². The van der Waals surface area contributed by atoms with E-state index >= 15 is 0 Å². The van der Waals surface area contributed by atoms with Crippen molar-refractivity contribution < 1.29 is 4.74 Å². The van der Waals surface area contributed by atoms with E-state index < -0.39 is 0 Å². The first-order valence-electron chi connectivity index (χ1n) is 3.91. The van der Waals surface area contributed by atoms with Gasteiger partial charge in [-0.15, -0.1) is 0 Å². The van der Waals surface area contributed by atoms with Gasteiger partial charge < -0.3 is 10.1 Å². The smallest absolute Gasteiger partial charge is 0.135 e. The lowest BCUT2D eigenvalue weighted by molar-refractivity contribution is 0.412. The molecule has 1 N–H and O–H groups in total. The molecule has 1 aromatic carbocycles. The number of fused-ring (bicyclic) bond motifs is 1. The van der Waals surface area contributed by atoms with Gasteiger partial charge in [0.05, 0.1) is 11.6 Å². The summed E-state index contributed by atoms with van der Waals surface area (Å²) in [4.78, 5) is 0. The zero-order chi connectivity index (χ0) is 8.55. The van der Waals surface area contributed by atoms with Gasteiger partial charge in [-0.3, -0.25) is 0 Å². The Morgan fingerprint density at radius 2 is 2.33 bits per heavy atom. The minimum absolute atomic E-state index is 0.892. The van der Waals surface area contributed by atoms with Crippen LogP contribution in [0.3, 0.4) is 0 Å². The molecule has 0 saturated heterocycles. The van der Waals surface area contributed by atoms with Crippen LogP contribution in [-0.2, 0) is 6.42 Å². The van der Waals surface area contributed by atoms with Crippen LogP contribution in [0.2, 0.25) is 0 Å². The lowest BCUT2D eigenvalue weighted by Crippen LogP contribution is -1.91. The average Bonchev–Trinajstić information content (AvgIpc) is 2.49. The van der Waals surface area contributed by atoms with E-state index in [2.05, 4.69) is 27.3 Å². The Labute approximate surface area is 80.1 Å². The Morgan fingerprint density at radius 3 is 3.08 bits per heavy atom. The first kappa shape index (κ1) is 7.92. The van der Waals surface area contributed by atoms with Crippen molar-refractivity contribution in [3.8, 4) is 5.75 Å². The minimum atomic E-state index is 0.892. The van der Waals surface area contributed by atoms with Crippen molar-refractivity contribution in [3.63, 3.8) is 0 Å². The minimum Gasteiger partial charge on any atom is -0.495 e. The van der Waals surface area contributed by atoms with Crippen LogP contribution < -0.4 is 10.1 Å². The van der Waals surface area contributed by atoms with Crippen LogP contribution in [0, 0.1) is 0 Å². The Bertz CT molecular complexity index is 311. The van der Waals surface area contributed by atoms with Crippen molar-refractivity contribution in [2.45, 2.75) is 6.42 Å². The number of methoxy groups -OCH3 is 1. The Balaban J connectivity index is 2.49. The number of nitrogens with one attached hydrogen (secondary N) is 1. The number of anilines is 1. The van der Waals surface area contributed by atoms with Crippen LogP contribution in [-0.4, -0.2) is 13.7 Å². The Kier molecular flexibility index (Phi) is 1.97. The zero-order valence-electron chi connectivity index (χ0n) is 6.86. The molecule has 0 saturated carbocycles. The maximum Gasteiger partial charge on any atom is 0.135 e. The second-order valence-corrected chi connectivity index (χ2v) is 3.68. The van der Waals surface area contributed by atoms with Crippen molar-refractivity contribution in [2.75, 3.05) is 19.0 Å². The number of rotatable bonds is 1. The molecule has 0 atom stereocenters. The first-order chi connectivity index (χ1) is 5.81. The molecule has 0 unspecified atom stereocenters. The quantitative estimate of drug-likeness (QED) is 0.796. The molecular formula is C9H10BrNO. The summed E-state index contributed by atoms with van der Waals surface area (Å²) < 4.78 is 6.22. The highest BCUT2D eigenvalue weighted by Crippen LogP contribution is 2.33. The third kappa shape index (κ3) is 1.18. The molecule has 0 bridgehead atoms. The second-order valence-electron chi connectivity index (χ2n) is 2.82. The van der Waals surface area contributed by atoms with E-state index in [1.54, 1.807) is 7.11 Å². The van der Waals surface area contributed by atoms with Crippen molar-refractivity contribution in [1.82, 2.24) is 0 Å². The number of hydrogen-bond donors (Lipinski definition) is 1. The lowest BCUT2D eigenvalue weighted by Gasteiger charge is -2.06. The molecule has 3 heteroatoms. The third-order valence-electron chi connectivity index (χ3n) is 2.09. The molecule has 64 valence electrons. The summed E-state index contributed by atoms with van der Waals surface area (Å²) >= 11 is 3.46. The van der Waals surface area contributed by atoms with Crippen LogP contribution in [0.4, 0.5) is 5.69 Å². The van der Waals surface area contributed by atoms with Crippen molar-refractivity contribution >= 4 is 21.6 Å². The summed E-state index contributed by atoms with van der Waals surface area (Å²) in [5.74, 6) is 0.892. The van der Waals surface area contributed by atoms with E-state index in [4.69, 9.17) is 4.74 Å². The predicted octanol–water partition coefficient (Wildman–Crippen LogP) is 2.43. The molecule has 0 aliphatic carbocycles. The van der Waals surface area contributed by atoms with E-state index in [9.17, 15) is 0 Å². The molecule has 0 aromatic heterocycles. The highest BCUT2D eigenvalue weighted by atomic mass is 79.9. The molecule has 1 aliphatic heterocycles. The van der Waals surface area contributed by atoms with Crippen LogP contribution >= 0.6 is 15.9 Å². The SMILES string of the molecule is COc1cc2c(cc1Br)CCN2. The zero-order valence-corrected chi connectivity index (χ0v) is 8.44. The number of hydrogen-bond acceptors (Lipinski definition) is 2. The molecule has 0 radical (unpaired) electrons. The summed E-state index contributed by atoms with van der Waals surface area (Å²) in [6.45, 7) is 1.04. The van der Waals surface area contributed by atoms with Crippen LogP contribution in [0.5, 0.6) is 5.75 Å². The fourth-order valence-corrected chi connectivity index (χ4v) is 2.01. The number of ether oxygens (including phenoxy) is 1. The third-order valence-corrected chi connectivity index (χ3v) is 2.71. The molecule has 1 aliphatic rings. The summed E-state index contributed by atoms with van der Waals surface area (Å²) in [6, 6.07) is 4.15. The topological polar surface area (TPSA) is 21.3 Å². The Hall–Kier alpha value is -0.700. The van der Waals surface area contributed by atoms with Crippen molar-refractivity contribution in [3.05, 3.63) is 22.2 Å². The van der Waals surface area contributed by atoms with E-state index in [1.165, 1.54) is 11.3 Å². The molecule has 0 spiro atoms. The largest absolute Gasteiger partial charge is 0.495 e. The van der Waals surface area contributed by atoms with Gasteiger partial charge in [0.15, 0.2) is 0 Å². The standard InChI is InChI=1S/C9H10BrNO/c1-12-9-5-8-6(2-3-11-8)4-7(9)10/h4-5,11H,2-3H2,1H3. The van der Waals surface area contributed by atoms with Crippen molar-refractivity contribution in [1.29, 1.82) is 0 Å². The van der Waals surface area contributed by atoms with Gasteiger partial charge in [0, 0.05) is 18.3 Å². The summed E-state index contributed by atoms with van der Waals surface area (Å²) in [5.41, 5.74) is 2.57. The Morgan fingerprint density at radius 1 is 1.50 bits per heavy atom. The first-order valence-corrected chi connectivity index (χ1v) is 4.71. The van der Waals surface area contributed by atoms with Gasteiger partial charge in [-0.2, -0.15) is 0 Å². The predicted molar refractivity (Wildman–Crippen MR) is 52.9 cm³/mol. The van der Waals surface area contributed by atoms with Crippen LogP contribution in [0.25, 0.3) is 0 Å².